The monoisotopic (exact) mass is 1130 g/mol. The van der Waals surface area contributed by atoms with E-state index >= 15 is 8.78 Å². The fourth-order valence-electron chi connectivity index (χ4n) is 14.5. The van der Waals surface area contributed by atoms with Crippen LogP contribution in [0.5, 0.6) is 0 Å². The molecule has 0 amide bonds. The SMILES string of the molecule is C=Cc1ccc(C2(c3cc(C)ccc3C)c3ccccc3-c3ccc(N(c4ccc(F)cc4)c4ccc5oc6ccc(N(c7ccc(F)cc7)c7ccc8c(c7)C(c7ccc(C=C)cc7)(c7cc(C)ccc7C)c7ccccc7-8)cc6c5c4)cc32)cc1. The Labute approximate surface area is 506 Å². The van der Waals surface area contributed by atoms with Gasteiger partial charge in [0.15, 0.2) is 0 Å². The van der Waals surface area contributed by atoms with Crippen LogP contribution >= 0.6 is 0 Å². The van der Waals surface area contributed by atoms with Crippen molar-refractivity contribution in [3.8, 4) is 22.3 Å². The summed E-state index contributed by atoms with van der Waals surface area (Å²) >= 11 is 0. The fraction of sp³-hybridized carbons (Fsp3) is 0.0732. The topological polar surface area (TPSA) is 19.6 Å². The number of furan rings is 1. The average molecular weight is 1130 g/mol. The van der Waals surface area contributed by atoms with Gasteiger partial charge >= 0.3 is 0 Å². The highest BCUT2D eigenvalue weighted by Crippen LogP contribution is 2.60. The lowest BCUT2D eigenvalue weighted by molar-refractivity contribution is 0.627. The predicted molar refractivity (Wildman–Crippen MR) is 357 cm³/mol. The van der Waals surface area contributed by atoms with Crippen LogP contribution in [0.4, 0.5) is 42.9 Å². The van der Waals surface area contributed by atoms with E-state index in [9.17, 15) is 0 Å². The van der Waals surface area contributed by atoms with E-state index in [1.807, 2.05) is 48.6 Å². The second kappa shape index (κ2) is 20.6. The van der Waals surface area contributed by atoms with Crippen LogP contribution in [0.1, 0.15) is 77.9 Å². The average Bonchev–Trinajstić information content (AvgIpc) is 1.58. The van der Waals surface area contributed by atoms with Crippen LogP contribution in [0.3, 0.4) is 0 Å². The molecule has 0 saturated carbocycles. The highest BCUT2D eigenvalue weighted by molar-refractivity contribution is 6.08. The van der Waals surface area contributed by atoms with Crippen molar-refractivity contribution in [1.82, 2.24) is 0 Å². The van der Waals surface area contributed by atoms with Crippen molar-refractivity contribution >= 4 is 68.2 Å². The van der Waals surface area contributed by atoms with Gasteiger partial charge in [0.25, 0.3) is 0 Å². The van der Waals surface area contributed by atoms with Crippen molar-refractivity contribution in [2.45, 2.75) is 38.5 Å². The molecule has 0 bridgehead atoms. The van der Waals surface area contributed by atoms with Gasteiger partial charge in [0.05, 0.1) is 10.8 Å². The third kappa shape index (κ3) is 8.28. The van der Waals surface area contributed by atoms with E-state index in [0.717, 1.165) is 101 Å². The molecule has 0 saturated heterocycles. The van der Waals surface area contributed by atoms with Crippen LogP contribution < -0.4 is 9.80 Å². The van der Waals surface area contributed by atoms with Gasteiger partial charge in [-0.2, -0.15) is 0 Å². The van der Waals surface area contributed by atoms with E-state index in [2.05, 4.69) is 245 Å². The molecule has 418 valence electrons. The molecular weight excluding hydrogens is 1070 g/mol. The van der Waals surface area contributed by atoms with Gasteiger partial charge in [-0.05, 0) is 226 Å². The summed E-state index contributed by atoms with van der Waals surface area (Å²) in [7, 11) is 0. The van der Waals surface area contributed by atoms with E-state index < -0.39 is 10.8 Å². The Balaban J connectivity index is 0.922. The molecule has 15 rings (SSSR count). The number of halogens is 2. The molecule has 0 N–H and O–H groups in total. The molecule has 1 aromatic heterocycles. The zero-order valence-corrected chi connectivity index (χ0v) is 48.9. The highest BCUT2D eigenvalue weighted by atomic mass is 19.1. The molecule has 2 aliphatic carbocycles. The first kappa shape index (κ1) is 53.1. The second-order valence-corrected chi connectivity index (χ2v) is 23.4. The molecular formula is C82H60F2N2O. The molecule has 2 aliphatic rings. The fourth-order valence-corrected chi connectivity index (χ4v) is 14.5. The first-order valence-electron chi connectivity index (χ1n) is 29.6. The van der Waals surface area contributed by atoms with Gasteiger partial charge in [-0.1, -0.05) is 182 Å². The third-order valence-corrected chi connectivity index (χ3v) is 18.4. The number of benzene rings is 12. The molecule has 87 heavy (non-hydrogen) atoms. The molecule has 0 radical (unpaired) electrons. The lowest BCUT2D eigenvalue weighted by Crippen LogP contribution is -2.30. The normalized spacial score (nSPS) is 15.4. The van der Waals surface area contributed by atoms with Gasteiger partial charge in [0.2, 0.25) is 0 Å². The third-order valence-electron chi connectivity index (χ3n) is 18.4. The van der Waals surface area contributed by atoms with Crippen molar-refractivity contribution in [1.29, 1.82) is 0 Å². The molecule has 0 aliphatic heterocycles. The van der Waals surface area contributed by atoms with Gasteiger partial charge < -0.3 is 14.2 Å². The molecule has 13 aromatic rings. The number of rotatable bonds is 12. The Morgan fingerprint density at radius 2 is 0.690 bits per heavy atom. The molecule has 12 aromatic carbocycles. The van der Waals surface area contributed by atoms with Gasteiger partial charge in [0.1, 0.15) is 22.8 Å². The Hall–Kier alpha value is -10.6. The molecule has 2 unspecified atom stereocenters. The zero-order valence-electron chi connectivity index (χ0n) is 48.9. The maximum atomic E-state index is 15.1. The standard InChI is InChI=1S/C82H60F2N2O/c1-7-55-21-25-57(26-22-55)81(75-45-51(3)17-19-53(75)5)73-15-11-9-13-67(73)69-41-37-65(49-77(69)81)85(61-33-29-59(83)30-34-61)63-39-43-79-71(47-63)72-48-64(40-44-80(72)87-79)86(62-35-31-60(84)32-36-62)66-38-42-70-68-14-10-12-16-74(68)82(78(70)50-66,58-27-23-56(8-2)24-28-58)76-46-52(4)18-20-54(76)6/h7-50H,1-2H2,3-6H3. The minimum atomic E-state index is -0.690. The van der Waals surface area contributed by atoms with E-state index in [1.54, 1.807) is 0 Å². The predicted octanol–water partition coefficient (Wildman–Crippen LogP) is 22.0. The van der Waals surface area contributed by atoms with Crippen LogP contribution in [0, 0.1) is 39.3 Å². The summed E-state index contributed by atoms with van der Waals surface area (Å²) in [5.74, 6) is -0.638. The van der Waals surface area contributed by atoms with Gasteiger partial charge in [-0.25, -0.2) is 8.78 Å². The number of aryl methyl sites for hydroxylation is 4. The number of fused-ring (bicyclic) bond motifs is 9. The van der Waals surface area contributed by atoms with Crippen LogP contribution in [-0.4, -0.2) is 0 Å². The quantitative estimate of drug-likeness (QED) is 0.122. The largest absolute Gasteiger partial charge is 0.456 e. The summed E-state index contributed by atoms with van der Waals surface area (Å²) in [5, 5.41) is 1.80. The summed E-state index contributed by atoms with van der Waals surface area (Å²) in [6.45, 7) is 16.9. The smallest absolute Gasteiger partial charge is 0.135 e. The Morgan fingerprint density at radius 3 is 1.09 bits per heavy atom. The molecule has 1 heterocycles. The summed E-state index contributed by atoms with van der Waals surface area (Å²) in [6, 6.07) is 88.5. The van der Waals surface area contributed by atoms with E-state index in [-0.39, 0.29) is 11.6 Å². The summed E-state index contributed by atoms with van der Waals surface area (Å²) in [6.07, 6.45) is 3.78. The lowest BCUT2D eigenvalue weighted by atomic mass is 9.66. The van der Waals surface area contributed by atoms with E-state index in [1.165, 1.54) is 79.9 Å². The van der Waals surface area contributed by atoms with Crippen LogP contribution in [0.2, 0.25) is 0 Å². The van der Waals surface area contributed by atoms with Crippen LogP contribution in [0.25, 0.3) is 56.3 Å². The maximum absolute atomic E-state index is 15.1. The van der Waals surface area contributed by atoms with E-state index in [4.69, 9.17) is 4.42 Å². The maximum Gasteiger partial charge on any atom is 0.135 e. The van der Waals surface area contributed by atoms with Crippen LogP contribution in [0.15, 0.2) is 272 Å². The van der Waals surface area contributed by atoms with Crippen molar-refractivity contribution in [3.05, 3.63) is 357 Å². The molecule has 2 atom stereocenters. The van der Waals surface area contributed by atoms with Crippen molar-refractivity contribution in [3.63, 3.8) is 0 Å². The molecule has 5 heteroatoms. The zero-order chi connectivity index (χ0) is 59.3. The van der Waals surface area contributed by atoms with Gasteiger partial charge in [0, 0.05) is 44.9 Å². The molecule has 0 fully saturated rings. The Kier molecular flexibility index (Phi) is 12.6. The summed E-state index contributed by atoms with van der Waals surface area (Å²) in [4.78, 5) is 4.44. The summed E-state index contributed by atoms with van der Waals surface area (Å²) < 4.78 is 37.0. The minimum Gasteiger partial charge on any atom is -0.456 e. The highest BCUT2D eigenvalue weighted by Gasteiger charge is 2.49. The number of anilines is 6. The van der Waals surface area contributed by atoms with Crippen LogP contribution in [-0.2, 0) is 10.8 Å². The Bertz CT molecular complexity index is 4610. The number of hydrogen-bond acceptors (Lipinski definition) is 3. The van der Waals surface area contributed by atoms with Crippen molar-refractivity contribution in [2.24, 2.45) is 0 Å². The van der Waals surface area contributed by atoms with Crippen molar-refractivity contribution < 1.29 is 13.2 Å². The number of hydrogen-bond donors (Lipinski definition) is 0. The summed E-state index contributed by atoms with van der Waals surface area (Å²) in [5.41, 5.74) is 26.2. The first-order chi connectivity index (χ1) is 42.5. The second-order valence-electron chi connectivity index (χ2n) is 23.4. The first-order valence-corrected chi connectivity index (χ1v) is 29.6. The van der Waals surface area contributed by atoms with Gasteiger partial charge in [-0.3, -0.25) is 0 Å². The minimum absolute atomic E-state index is 0.319. The molecule has 3 nitrogen and oxygen atoms in total. The van der Waals surface area contributed by atoms with Gasteiger partial charge in [-0.15, -0.1) is 0 Å². The lowest BCUT2D eigenvalue weighted by Gasteiger charge is -2.36. The Morgan fingerprint density at radius 1 is 0.333 bits per heavy atom. The number of nitrogens with zero attached hydrogens (tertiary/aromatic N) is 2. The van der Waals surface area contributed by atoms with E-state index in [0.29, 0.717) is 0 Å². The van der Waals surface area contributed by atoms with Crippen molar-refractivity contribution in [2.75, 3.05) is 9.80 Å². The molecule has 0 spiro atoms.